The first-order valence-electron chi connectivity index (χ1n) is 6.65. The van der Waals surface area contributed by atoms with Gasteiger partial charge in [-0.1, -0.05) is 6.07 Å². The zero-order chi connectivity index (χ0) is 14.7. The average molecular weight is 277 g/mol. The van der Waals surface area contributed by atoms with Gasteiger partial charge in [0.25, 0.3) is 0 Å². The fraction of sp³-hybridized carbons (Fsp3) is 0.400. The van der Waals surface area contributed by atoms with Crippen LogP contribution in [0.3, 0.4) is 0 Å². The van der Waals surface area contributed by atoms with Crippen molar-refractivity contribution in [3.63, 3.8) is 0 Å². The monoisotopic (exact) mass is 277 g/mol. The molecule has 0 amide bonds. The first-order chi connectivity index (χ1) is 9.51. The van der Waals surface area contributed by atoms with Crippen LogP contribution in [0.5, 0.6) is 5.75 Å². The third-order valence-electron chi connectivity index (χ3n) is 3.19. The first kappa shape index (κ1) is 14.4. The highest BCUT2D eigenvalue weighted by Gasteiger charge is 2.13. The minimum absolute atomic E-state index is 0.147. The lowest BCUT2D eigenvalue weighted by Crippen LogP contribution is -2.08. The van der Waals surface area contributed by atoms with Gasteiger partial charge in [0.15, 0.2) is 0 Å². The lowest BCUT2D eigenvalue weighted by molar-refractivity contribution is 0.410. The molecule has 0 spiro atoms. The molecule has 1 aromatic carbocycles. The Morgan fingerprint density at radius 2 is 2.05 bits per heavy atom. The second kappa shape index (κ2) is 5.94. The normalized spacial score (nSPS) is 12.5. The number of hydrogen-bond donors (Lipinski definition) is 1. The third kappa shape index (κ3) is 3.10. The quantitative estimate of drug-likeness (QED) is 0.904. The predicted molar refractivity (Wildman–Crippen MR) is 77.6 cm³/mol. The van der Waals surface area contributed by atoms with Gasteiger partial charge in [0.1, 0.15) is 11.6 Å². The van der Waals surface area contributed by atoms with Gasteiger partial charge in [-0.2, -0.15) is 5.10 Å². The summed E-state index contributed by atoms with van der Waals surface area (Å²) in [6.07, 6.45) is 3.67. The van der Waals surface area contributed by atoms with Crippen LogP contribution in [-0.4, -0.2) is 16.9 Å². The van der Waals surface area contributed by atoms with E-state index in [1.807, 2.05) is 17.8 Å². The van der Waals surface area contributed by atoms with Crippen LogP contribution >= 0.6 is 0 Å². The molecule has 2 rings (SSSR count). The molecule has 0 bridgehead atoms. The van der Waals surface area contributed by atoms with Gasteiger partial charge >= 0.3 is 0 Å². The van der Waals surface area contributed by atoms with Gasteiger partial charge in [-0.05, 0) is 26.8 Å². The van der Waals surface area contributed by atoms with E-state index in [4.69, 9.17) is 4.74 Å². The summed E-state index contributed by atoms with van der Waals surface area (Å²) >= 11 is 0. The molecular weight excluding hydrogens is 257 g/mol. The number of benzene rings is 1. The number of nitrogens with one attached hydrogen (secondary N) is 1. The van der Waals surface area contributed by atoms with Crippen molar-refractivity contribution in [1.29, 1.82) is 0 Å². The molecule has 0 saturated heterocycles. The zero-order valence-electron chi connectivity index (χ0n) is 12.2. The fourth-order valence-corrected chi connectivity index (χ4v) is 2.01. The van der Waals surface area contributed by atoms with E-state index in [2.05, 4.69) is 24.3 Å². The number of ether oxygens (including phenoxy) is 1. The molecule has 1 heterocycles. The minimum Gasteiger partial charge on any atom is -0.497 e. The maximum Gasteiger partial charge on any atom is 0.132 e. The van der Waals surface area contributed by atoms with Crippen molar-refractivity contribution >= 4 is 5.69 Å². The molecule has 0 aliphatic carbocycles. The Morgan fingerprint density at radius 3 is 2.60 bits per heavy atom. The van der Waals surface area contributed by atoms with Crippen molar-refractivity contribution in [3.8, 4) is 5.75 Å². The number of anilines is 1. The highest BCUT2D eigenvalue weighted by Crippen LogP contribution is 2.24. The van der Waals surface area contributed by atoms with Gasteiger partial charge < -0.3 is 10.1 Å². The summed E-state index contributed by atoms with van der Waals surface area (Å²) in [5, 5.41) is 7.50. The maximum atomic E-state index is 14.0. The molecule has 4 nitrogen and oxygen atoms in total. The van der Waals surface area contributed by atoms with E-state index >= 15 is 0 Å². The number of aromatic nitrogens is 2. The van der Waals surface area contributed by atoms with Crippen LogP contribution in [0, 0.1) is 5.82 Å². The first-order valence-corrected chi connectivity index (χ1v) is 6.65. The van der Waals surface area contributed by atoms with Crippen molar-refractivity contribution in [2.75, 3.05) is 12.4 Å². The summed E-state index contributed by atoms with van der Waals surface area (Å²) in [7, 11) is 1.52. The van der Waals surface area contributed by atoms with Gasteiger partial charge in [-0.15, -0.1) is 0 Å². The summed E-state index contributed by atoms with van der Waals surface area (Å²) in [6.45, 7) is 6.03. The van der Waals surface area contributed by atoms with Gasteiger partial charge in [0.05, 0.1) is 25.0 Å². The molecule has 0 saturated carbocycles. The van der Waals surface area contributed by atoms with E-state index in [-0.39, 0.29) is 11.9 Å². The fourth-order valence-electron chi connectivity index (χ4n) is 2.01. The van der Waals surface area contributed by atoms with Gasteiger partial charge in [-0.25, -0.2) is 4.39 Å². The number of methoxy groups -OCH3 is 1. The molecule has 1 atom stereocenters. The van der Waals surface area contributed by atoms with Crippen LogP contribution in [0.2, 0.25) is 0 Å². The number of rotatable bonds is 5. The molecule has 0 aliphatic heterocycles. The van der Waals surface area contributed by atoms with E-state index in [9.17, 15) is 4.39 Å². The molecule has 0 fully saturated rings. The Labute approximate surface area is 118 Å². The molecular formula is C15H20FN3O. The summed E-state index contributed by atoms with van der Waals surface area (Å²) < 4.78 is 20.8. The Balaban J connectivity index is 2.12. The summed E-state index contributed by atoms with van der Waals surface area (Å²) in [6, 6.07) is 5.04. The third-order valence-corrected chi connectivity index (χ3v) is 3.19. The van der Waals surface area contributed by atoms with Crippen molar-refractivity contribution in [3.05, 3.63) is 42.0 Å². The van der Waals surface area contributed by atoms with E-state index in [0.717, 1.165) is 5.69 Å². The SMILES string of the molecule is COc1ccc(C(C)Nc2cnn(C(C)C)c2)c(F)c1. The molecule has 1 aromatic heterocycles. The van der Waals surface area contributed by atoms with Crippen LogP contribution in [0.1, 0.15) is 38.4 Å². The topological polar surface area (TPSA) is 39.1 Å². The lowest BCUT2D eigenvalue weighted by atomic mass is 10.1. The lowest BCUT2D eigenvalue weighted by Gasteiger charge is -2.15. The highest BCUT2D eigenvalue weighted by molar-refractivity contribution is 5.42. The Bertz CT molecular complexity index is 580. The zero-order valence-corrected chi connectivity index (χ0v) is 12.2. The van der Waals surface area contributed by atoms with E-state index in [1.165, 1.54) is 13.2 Å². The largest absolute Gasteiger partial charge is 0.497 e. The molecule has 1 unspecified atom stereocenters. The van der Waals surface area contributed by atoms with Gasteiger partial charge in [0, 0.05) is 23.9 Å². The van der Waals surface area contributed by atoms with Crippen LogP contribution in [0.15, 0.2) is 30.6 Å². The second-order valence-corrected chi connectivity index (χ2v) is 5.06. The Kier molecular flexibility index (Phi) is 4.27. The van der Waals surface area contributed by atoms with E-state index in [1.54, 1.807) is 18.3 Å². The molecule has 1 N–H and O–H groups in total. The van der Waals surface area contributed by atoms with E-state index < -0.39 is 0 Å². The van der Waals surface area contributed by atoms with Crippen molar-refractivity contribution < 1.29 is 9.13 Å². The molecule has 20 heavy (non-hydrogen) atoms. The molecule has 108 valence electrons. The van der Waals surface area contributed by atoms with Crippen molar-refractivity contribution in [2.45, 2.75) is 32.9 Å². The smallest absolute Gasteiger partial charge is 0.132 e. The number of hydrogen-bond acceptors (Lipinski definition) is 3. The Hall–Kier alpha value is -2.04. The van der Waals surface area contributed by atoms with Crippen LogP contribution in [0.25, 0.3) is 0 Å². The number of nitrogens with zero attached hydrogens (tertiary/aromatic N) is 2. The predicted octanol–water partition coefficient (Wildman–Crippen LogP) is 3.78. The van der Waals surface area contributed by atoms with Gasteiger partial charge in [-0.3, -0.25) is 4.68 Å². The van der Waals surface area contributed by atoms with Crippen molar-refractivity contribution in [2.24, 2.45) is 0 Å². The summed E-state index contributed by atoms with van der Waals surface area (Å²) in [4.78, 5) is 0. The molecule has 5 heteroatoms. The average Bonchev–Trinajstić information content (AvgIpc) is 2.87. The van der Waals surface area contributed by atoms with Crippen LogP contribution < -0.4 is 10.1 Å². The summed E-state index contributed by atoms with van der Waals surface area (Å²) in [5.74, 6) is 0.242. The standard InChI is InChI=1S/C15H20FN3O/c1-10(2)19-9-12(8-17-19)18-11(3)14-6-5-13(20-4)7-15(14)16/h5-11,18H,1-4H3. The van der Waals surface area contributed by atoms with E-state index in [0.29, 0.717) is 17.4 Å². The minimum atomic E-state index is -0.277. The molecule has 2 aromatic rings. The van der Waals surface area contributed by atoms with Crippen LogP contribution in [0.4, 0.5) is 10.1 Å². The summed E-state index contributed by atoms with van der Waals surface area (Å²) in [5.41, 5.74) is 1.48. The Morgan fingerprint density at radius 1 is 1.30 bits per heavy atom. The molecule has 0 radical (unpaired) electrons. The number of halogens is 1. The van der Waals surface area contributed by atoms with Crippen LogP contribution in [-0.2, 0) is 0 Å². The second-order valence-electron chi connectivity index (χ2n) is 5.06. The maximum absolute atomic E-state index is 14.0. The highest BCUT2D eigenvalue weighted by atomic mass is 19.1. The van der Waals surface area contributed by atoms with Gasteiger partial charge in [0.2, 0.25) is 0 Å². The molecule has 0 aliphatic rings. The van der Waals surface area contributed by atoms with Crippen molar-refractivity contribution in [1.82, 2.24) is 9.78 Å².